The van der Waals surface area contributed by atoms with Crippen LogP contribution >= 0.6 is 22.9 Å². The van der Waals surface area contributed by atoms with E-state index in [9.17, 15) is 0 Å². The number of hydrogen-bond acceptors (Lipinski definition) is 2. The molecule has 0 bridgehead atoms. The number of alkyl halides is 1. The SMILES string of the molecule is CCc1ccc(Cn2c(CCCl)nc3ccc(C)cc32)s1. The molecule has 2 aromatic heterocycles. The molecule has 4 heteroatoms. The lowest BCUT2D eigenvalue weighted by Gasteiger charge is -2.07. The summed E-state index contributed by atoms with van der Waals surface area (Å²) < 4.78 is 2.32. The Morgan fingerprint density at radius 1 is 1.19 bits per heavy atom. The van der Waals surface area contributed by atoms with Gasteiger partial charge >= 0.3 is 0 Å². The van der Waals surface area contributed by atoms with Crippen LogP contribution in [0.25, 0.3) is 11.0 Å². The fourth-order valence-electron chi connectivity index (χ4n) is 2.59. The summed E-state index contributed by atoms with van der Waals surface area (Å²) in [6, 6.07) is 10.9. The zero-order chi connectivity index (χ0) is 14.8. The minimum absolute atomic E-state index is 0.604. The van der Waals surface area contributed by atoms with E-state index in [2.05, 4.69) is 48.7 Å². The maximum Gasteiger partial charge on any atom is 0.111 e. The predicted octanol–water partition coefficient (Wildman–Crippen LogP) is 4.80. The largest absolute Gasteiger partial charge is 0.323 e. The second kappa shape index (κ2) is 6.20. The van der Waals surface area contributed by atoms with Crippen LogP contribution in [0, 0.1) is 6.92 Å². The first kappa shape index (κ1) is 14.6. The molecule has 2 heterocycles. The first-order valence-corrected chi connectivity index (χ1v) is 8.65. The molecule has 0 unspecified atom stereocenters. The Bertz CT molecular complexity index is 757. The highest BCUT2D eigenvalue weighted by Crippen LogP contribution is 2.23. The van der Waals surface area contributed by atoms with Gasteiger partial charge in [-0.1, -0.05) is 13.0 Å². The van der Waals surface area contributed by atoms with Crippen molar-refractivity contribution in [3.05, 3.63) is 51.5 Å². The zero-order valence-electron chi connectivity index (χ0n) is 12.4. The van der Waals surface area contributed by atoms with Crippen molar-refractivity contribution in [1.29, 1.82) is 0 Å². The van der Waals surface area contributed by atoms with E-state index in [1.54, 1.807) is 0 Å². The predicted molar refractivity (Wildman–Crippen MR) is 91.7 cm³/mol. The lowest BCUT2D eigenvalue weighted by atomic mass is 10.2. The molecule has 0 aliphatic carbocycles. The lowest BCUT2D eigenvalue weighted by Crippen LogP contribution is -2.05. The Morgan fingerprint density at radius 3 is 2.71 bits per heavy atom. The molecule has 21 heavy (non-hydrogen) atoms. The molecule has 0 amide bonds. The van der Waals surface area contributed by atoms with E-state index in [-0.39, 0.29) is 0 Å². The Balaban J connectivity index is 2.05. The standard InChI is InChI=1S/C17H19ClN2S/c1-3-13-5-6-14(21-13)11-20-16-10-12(2)4-7-15(16)19-17(20)8-9-18/h4-7,10H,3,8-9,11H2,1-2H3. The molecule has 1 aromatic carbocycles. The Kier molecular flexibility index (Phi) is 4.32. The molecule has 0 spiro atoms. The van der Waals surface area contributed by atoms with Gasteiger partial charge in [-0.15, -0.1) is 22.9 Å². The molecule has 0 saturated carbocycles. The third-order valence-corrected chi connectivity index (χ3v) is 5.08. The average molecular weight is 319 g/mol. The van der Waals surface area contributed by atoms with Gasteiger partial charge in [0.15, 0.2) is 0 Å². The van der Waals surface area contributed by atoms with Crippen LogP contribution in [0.2, 0.25) is 0 Å². The highest BCUT2D eigenvalue weighted by Gasteiger charge is 2.12. The minimum atomic E-state index is 0.604. The quantitative estimate of drug-likeness (QED) is 0.618. The fourth-order valence-corrected chi connectivity index (χ4v) is 3.70. The van der Waals surface area contributed by atoms with Crippen LogP contribution in [0.5, 0.6) is 0 Å². The second-order valence-electron chi connectivity index (χ2n) is 5.27. The summed E-state index contributed by atoms with van der Waals surface area (Å²) in [6.45, 7) is 5.21. The van der Waals surface area contributed by atoms with Crippen molar-refractivity contribution in [3.63, 3.8) is 0 Å². The molecule has 0 radical (unpaired) electrons. The third-order valence-electron chi connectivity index (χ3n) is 3.68. The zero-order valence-corrected chi connectivity index (χ0v) is 14.0. The first-order valence-electron chi connectivity index (χ1n) is 7.30. The minimum Gasteiger partial charge on any atom is -0.323 e. The van der Waals surface area contributed by atoms with Gasteiger partial charge in [-0.3, -0.25) is 0 Å². The van der Waals surface area contributed by atoms with E-state index in [1.165, 1.54) is 20.8 Å². The third kappa shape index (κ3) is 2.99. The summed E-state index contributed by atoms with van der Waals surface area (Å²) >= 11 is 7.83. The van der Waals surface area contributed by atoms with E-state index in [1.807, 2.05) is 11.3 Å². The molecule has 3 aromatic rings. The van der Waals surface area contributed by atoms with Crippen molar-refractivity contribution >= 4 is 34.0 Å². The van der Waals surface area contributed by atoms with Gasteiger partial charge in [0.1, 0.15) is 5.82 Å². The molecule has 0 atom stereocenters. The lowest BCUT2D eigenvalue weighted by molar-refractivity contribution is 0.763. The van der Waals surface area contributed by atoms with Crippen LogP contribution in [0.4, 0.5) is 0 Å². The van der Waals surface area contributed by atoms with Gasteiger partial charge in [0, 0.05) is 22.1 Å². The Hall–Kier alpha value is -1.32. The van der Waals surface area contributed by atoms with Crippen LogP contribution < -0.4 is 0 Å². The summed E-state index contributed by atoms with van der Waals surface area (Å²) in [6.07, 6.45) is 1.91. The summed E-state index contributed by atoms with van der Waals surface area (Å²) in [7, 11) is 0. The maximum atomic E-state index is 5.95. The van der Waals surface area contributed by atoms with Crippen LogP contribution in [-0.2, 0) is 19.4 Å². The summed E-state index contributed by atoms with van der Waals surface area (Å²) in [4.78, 5) is 7.56. The van der Waals surface area contributed by atoms with Crippen molar-refractivity contribution in [3.8, 4) is 0 Å². The molecule has 3 rings (SSSR count). The molecular weight excluding hydrogens is 300 g/mol. The Morgan fingerprint density at radius 2 is 2.00 bits per heavy atom. The van der Waals surface area contributed by atoms with Gasteiger partial charge in [-0.05, 0) is 43.2 Å². The van der Waals surface area contributed by atoms with Gasteiger partial charge in [0.2, 0.25) is 0 Å². The average Bonchev–Trinajstić information content (AvgIpc) is 3.06. The van der Waals surface area contributed by atoms with Crippen LogP contribution in [0.3, 0.4) is 0 Å². The van der Waals surface area contributed by atoms with E-state index in [0.717, 1.165) is 30.7 Å². The summed E-state index contributed by atoms with van der Waals surface area (Å²) in [5.74, 6) is 1.68. The number of thiophene rings is 1. The maximum absolute atomic E-state index is 5.95. The molecule has 0 saturated heterocycles. The first-order chi connectivity index (χ1) is 10.2. The Labute approximate surface area is 134 Å². The fraction of sp³-hybridized carbons (Fsp3) is 0.353. The van der Waals surface area contributed by atoms with Gasteiger partial charge in [-0.25, -0.2) is 4.98 Å². The summed E-state index contributed by atoms with van der Waals surface area (Å²) in [5, 5.41) is 0. The normalized spacial score (nSPS) is 11.4. The number of hydrogen-bond donors (Lipinski definition) is 0. The van der Waals surface area contributed by atoms with Gasteiger partial charge in [-0.2, -0.15) is 0 Å². The highest BCUT2D eigenvalue weighted by atomic mass is 35.5. The smallest absolute Gasteiger partial charge is 0.111 e. The van der Waals surface area contributed by atoms with Crippen molar-refractivity contribution in [2.75, 3.05) is 5.88 Å². The summed E-state index contributed by atoms with van der Waals surface area (Å²) in [5.41, 5.74) is 3.54. The van der Waals surface area contributed by atoms with Crippen molar-refractivity contribution in [2.24, 2.45) is 0 Å². The number of rotatable bonds is 5. The van der Waals surface area contributed by atoms with E-state index in [4.69, 9.17) is 16.6 Å². The van der Waals surface area contributed by atoms with Crippen LogP contribution in [-0.4, -0.2) is 15.4 Å². The molecular formula is C17H19ClN2S. The number of nitrogens with zero attached hydrogens (tertiary/aromatic N) is 2. The number of benzene rings is 1. The molecule has 0 N–H and O–H groups in total. The molecule has 0 aliphatic rings. The molecule has 0 aliphatic heterocycles. The van der Waals surface area contributed by atoms with Gasteiger partial charge in [0.25, 0.3) is 0 Å². The van der Waals surface area contributed by atoms with Crippen LogP contribution in [0.15, 0.2) is 30.3 Å². The number of halogens is 1. The van der Waals surface area contributed by atoms with Crippen molar-refractivity contribution < 1.29 is 0 Å². The number of aryl methyl sites for hydroxylation is 3. The highest BCUT2D eigenvalue weighted by molar-refractivity contribution is 7.11. The van der Waals surface area contributed by atoms with Crippen molar-refractivity contribution in [1.82, 2.24) is 9.55 Å². The van der Waals surface area contributed by atoms with Gasteiger partial charge < -0.3 is 4.57 Å². The van der Waals surface area contributed by atoms with E-state index in [0.29, 0.717) is 5.88 Å². The molecule has 0 fully saturated rings. The monoisotopic (exact) mass is 318 g/mol. The number of fused-ring (bicyclic) bond motifs is 1. The van der Waals surface area contributed by atoms with Gasteiger partial charge in [0.05, 0.1) is 17.6 Å². The second-order valence-corrected chi connectivity index (χ2v) is 6.90. The van der Waals surface area contributed by atoms with E-state index < -0.39 is 0 Å². The van der Waals surface area contributed by atoms with E-state index >= 15 is 0 Å². The topological polar surface area (TPSA) is 17.8 Å². The molecule has 2 nitrogen and oxygen atoms in total. The van der Waals surface area contributed by atoms with Crippen LogP contribution in [0.1, 0.15) is 28.1 Å². The van der Waals surface area contributed by atoms with Crippen molar-refractivity contribution in [2.45, 2.75) is 33.2 Å². The number of imidazole rings is 1. The molecule has 110 valence electrons. The number of aromatic nitrogens is 2.